The van der Waals surface area contributed by atoms with Crippen LogP contribution in [-0.2, 0) is 6.54 Å². The molecule has 19 heavy (non-hydrogen) atoms. The van der Waals surface area contributed by atoms with E-state index in [9.17, 15) is 0 Å². The van der Waals surface area contributed by atoms with Gasteiger partial charge in [0.15, 0.2) is 5.82 Å². The molecule has 1 saturated heterocycles. The van der Waals surface area contributed by atoms with Crippen LogP contribution in [0.3, 0.4) is 0 Å². The molecule has 1 aliphatic heterocycles. The van der Waals surface area contributed by atoms with Gasteiger partial charge in [-0.25, -0.2) is 0 Å². The van der Waals surface area contributed by atoms with Gasteiger partial charge in [0.2, 0.25) is 5.89 Å². The number of likely N-dealkylation sites (tertiary alicyclic amines) is 1. The van der Waals surface area contributed by atoms with Gasteiger partial charge in [0.25, 0.3) is 0 Å². The van der Waals surface area contributed by atoms with Gasteiger partial charge in [-0.15, -0.1) is 11.3 Å². The quantitative estimate of drug-likeness (QED) is 0.858. The minimum absolute atomic E-state index is 0.538. The van der Waals surface area contributed by atoms with Crippen LogP contribution in [0.15, 0.2) is 22.0 Å². The van der Waals surface area contributed by atoms with Crippen molar-refractivity contribution in [3.05, 3.63) is 34.1 Å². The Kier molecular flexibility index (Phi) is 2.89. The topological polar surface area (TPSA) is 42.2 Å². The van der Waals surface area contributed by atoms with Gasteiger partial charge in [-0.3, -0.25) is 4.90 Å². The molecule has 1 unspecified atom stereocenters. The highest BCUT2D eigenvalue weighted by Gasteiger charge is 2.31. The molecule has 2 fully saturated rings. The molecule has 1 atom stereocenters. The summed E-state index contributed by atoms with van der Waals surface area (Å²) >= 11 is 1.85. The molecule has 2 aromatic rings. The van der Waals surface area contributed by atoms with Gasteiger partial charge in [-0.1, -0.05) is 11.2 Å². The second kappa shape index (κ2) is 4.72. The zero-order valence-corrected chi connectivity index (χ0v) is 11.6. The highest BCUT2D eigenvalue weighted by Crippen LogP contribution is 2.39. The first-order valence-electron chi connectivity index (χ1n) is 7.00. The summed E-state index contributed by atoms with van der Waals surface area (Å²) in [6, 6.07) is 4.90. The van der Waals surface area contributed by atoms with Crippen molar-refractivity contribution in [2.75, 3.05) is 6.54 Å². The normalized spacial score (nSPS) is 24.1. The van der Waals surface area contributed by atoms with Crippen molar-refractivity contribution < 1.29 is 4.52 Å². The van der Waals surface area contributed by atoms with Gasteiger partial charge >= 0.3 is 0 Å². The SMILES string of the molecule is c1csc(C2CCCN2Cc2nc(C3CC3)no2)c1. The van der Waals surface area contributed by atoms with Crippen molar-refractivity contribution in [3.63, 3.8) is 0 Å². The fourth-order valence-electron chi connectivity index (χ4n) is 2.83. The predicted molar refractivity (Wildman–Crippen MR) is 73.0 cm³/mol. The monoisotopic (exact) mass is 275 g/mol. The maximum Gasteiger partial charge on any atom is 0.240 e. The lowest BCUT2D eigenvalue weighted by molar-refractivity contribution is 0.214. The highest BCUT2D eigenvalue weighted by molar-refractivity contribution is 7.10. The molecule has 0 bridgehead atoms. The lowest BCUT2D eigenvalue weighted by atomic mass is 10.2. The molecular formula is C14H17N3OS. The molecule has 100 valence electrons. The molecule has 2 aromatic heterocycles. The predicted octanol–water partition coefficient (Wildman–Crippen LogP) is 3.35. The first kappa shape index (κ1) is 11.6. The fraction of sp³-hybridized carbons (Fsp3) is 0.571. The van der Waals surface area contributed by atoms with Crippen LogP contribution in [0.4, 0.5) is 0 Å². The third-order valence-electron chi connectivity index (χ3n) is 4.00. The van der Waals surface area contributed by atoms with Crippen LogP contribution in [0.2, 0.25) is 0 Å². The van der Waals surface area contributed by atoms with E-state index in [2.05, 4.69) is 32.6 Å². The Balaban J connectivity index is 1.48. The third kappa shape index (κ3) is 2.32. The van der Waals surface area contributed by atoms with E-state index in [1.807, 2.05) is 11.3 Å². The van der Waals surface area contributed by atoms with E-state index in [1.54, 1.807) is 0 Å². The molecule has 0 N–H and O–H groups in total. The minimum atomic E-state index is 0.538. The van der Waals surface area contributed by atoms with E-state index in [-0.39, 0.29) is 0 Å². The van der Waals surface area contributed by atoms with Crippen molar-refractivity contribution in [1.29, 1.82) is 0 Å². The standard InChI is InChI=1S/C14H17N3OS/c1-3-11(12-4-2-8-19-12)17(7-1)9-13-15-14(16-18-13)10-5-6-10/h2,4,8,10-11H,1,3,5-7,9H2. The minimum Gasteiger partial charge on any atom is -0.338 e. The zero-order chi connectivity index (χ0) is 12.7. The maximum atomic E-state index is 5.39. The Morgan fingerprint density at radius 1 is 1.37 bits per heavy atom. The molecule has 1 aliphatic carbocycles. The number of hydrogen-bond acceptors (Lipinski definition) is 5. The van der Waals surface area contributed by atoms with E-state index in [1.165, 1.54) is 30.6 Å². The molecule has 0 spiro atoms. The van der Waals surface area contributed by atoms with Crippen LogP contribution in [0.5, 0.6) is 0 Å². The van der Waals surface area contributed by atoms with Gasteiger partial charge in [0, 0.05) is 16.8 Å². The summed E-state index contributed by atoms with van der Waals surface area (Å²) in [5.74, 6) is 2.27. The van der Waals surface area contributed by atoms with E-state index in [0.717, 1.165) is 24.8 Å². The zero-order valence-electron chi connectivity index (χ0n) is 10.8. The molecule has 3 heterocycles. The molecule has 2 aliphatic rings. The Morgan fingerprint density at radius 3 is 3.11 bits per heavy atom. The lowest BCUT2D eigenvalue weighted by Gasteiger charge is -2.21. The van der Waals surface area contributed by atoms with Crippen molar-refractivity contribution in [2.24, 2.45) is 0 Å². The summed E-state index contributed by atoms with van der Waals surface area (Å²) in [4.78, 5) is 8.46. The van der Waals surface area contributed by atoms with Crippen molar-refractivity contribution in [1.82, 2.24) is 15.0 Å². The first-order chi connectivity index (χ1) is 9.40. The Labute approximate surface area is 116 Å². The molecule has 1 saturated carbocycles. The summed E-state index contributed by atoms with van der Waals surface area (Å²) in [5, 5.41) is 6.25. The van der Waals surface area contributed by atoms with E-state index < -0.39 is 0 Å². The summed E-state index contributed by atoms with van der Waals surface area (Å²) in [5.41, 5.74) is 0. The van der Waals surface area contributed by atoms with Gasteiger partial charge in [0.05, 0.1) is 6.54 Å². The molecule has 0 aromatic carbocycles. The van der Waals surface area contributed by atoms with Gasteiger partial charge in [-0.2, -0.15) is 4.98 Å². The molecular weight excluding hydrogens is 258 g/mol. The van der Waals surface area contributed by atoms with Gasteiger partial charge < -0.3 is 4.52 Å². The number of hydrogen-bond donors (Lipinski definition) is 0. The molecule has 0 amide bonds. The Morgan fingerprint density at radius 2 is 2.32 bits per heavy atom. The largest absolute Gasteiger partial charge is 0.338 e. The molecule has 5 heteroatoms. The summed E-state index contributed by atoms with van der Waals surface area (Å²) in [6.45, 7) is 1.92. The number of nitrogens with zero attached hydrogens (tertiary/aromatic N) is 3. The highest BCUT2D eigenvalue weighted by atomic mass is 32.1. The van der Waals surface area contributed by atoms with Crippen LogP contribution in [0.1, 0.15) is 54.2 Å². The van der Waals surface area contributed by atoms with E-state index in [4.69, 9.17) is 4.52 Å². The third-order valence-corrected chi connectivity index (χ3v) is 4.97. The molecule has 0 radical (unpaired) electrons. The maximum absolute atomic E-state index is 5.39. The fourth-order valence-corrected chi connectivity index (χ4v) is 3.73. The average Bonchev–Trinajstić information content (AvgIpc) is 2.89. The van der Waals surface area contributed by atoms with Crippen molar-refractivity contribution in [3.8, 4) is 0 Å². The smallest absolute Gasteiger partial charge is 0.240 e. The summed E-state index contributed by atoms with van der Waals surface area (Å²) < 4.78 is 5.39. The summed E-state index contributed by atoms with van der Waals surface area (Å²) in [7, 11) is 0. The second-order valence-electron chi connectivity index (χ2n) is 5.46. The van der Waals surface area contributed by atoms with Crippen LogP contribution in [0, 0.1) is 0 Å². The van der Waals surface area contributed by atoms with E-state index in [0.29, 0.717) is 12.0 Å². The average molecular weight is 275 g/mol. The second-order valence-corrected chi connectivity index (χ2v) is 6.44. The Bertz CT molecular complexity index is 547. The van der Waals surface area contributed by atoms with Gasteiger partial charge in [0.1, 0.15) is 0 Å². The van der Waals surface area contributed by atoms with E-state index >= 15 is 0 Å². The van der Waals surface area contributed by atoms with Crippen LogP contribution < -0.4 is 0 Å². The molecule has 4 rings (SSSR count). The van der Waals surface area contributed by atoms with Gasteiger partial charge in [-0.05, 0) is 43.7 Å². The molecule has 4 nitrogen and oxygen atoms in total. The van der Waals surface area contributed by atoms with Crippen LogP contribution in [-0.4, -0.2) is 21.6 Å². The van der Waals surface area contributed by atoms with Crippen LogP contribution >= 0.6 is 11.3 Å². The lowest BCUT2D eigenvalue weighted by Crippen LogP contribution is -2.22. The number of aromatic nitrogens is 2. The number of rotatable bonds is 4. The van der Waals surface area contributed by atoms with Crippen molar-refractivity contribution in [2.45, 2.75) is 44.2 Å². The van der Waals surface area contributed by atoms with Crippen molar-refractivity contribution >= 4 is 11.3 Å². The first-order valence-corrected chi connectivity index (χ1v) is 7.88. The summed E-state index contributed by atoms with van der Waals surface area (Å²) in [6.07, 6.45) is 4.94. The van der Waals surface area contributed by atoms with Crippen LogP contribution in [0.25, 0.3) is 0 Å². The number of thiophene rings is 1. The Hall–Kier alpha value is -1.20.